The molecular weight excluding hydrogens is 707 g/mol. The second kappa shape index (κ2) is 12.7. The van der Waals surface area contributed by atoms with Gasteiger partial charge in [-0.1, -0.05) is 95.2 Å². The predicted molar refractivity (Wildman–Crippen MR) is 184 cm³/mol. The van der Waals surface area contributed by atoms with Crippen molar-refractivity contribution in [2.24, 2.45) is 4.99 Å². The SMILES string of the molecule is CCOC(=O)C1=C(C)N=c2s/c(=C\c3cc(Cl)cc(I)c3OCc3cccc4ccccc34)c(=O)n2[C@@H]1c1ccc(C)cc1. The van der Waals surface area contributed by atoms with Crippen molar-refractivity contribution in [3.8, 4) is 5.75 Å². The molecule has 0 aliphatic carbocycles. The Morgan fingerprint density at radius 3 is 2.59 bits per heavy atom. The first kappa shape index (κ1) is 30.3. The summed E-state index contributed by atoms with van der Waals surface area (Å²) >= 11 is 9.98. The molecule has 0 spiro atoms. The summed E-state index contributed by atoms with van der Waals surface area (Å²) in [5, 5.41) is 2.79. The highest BCUT2D eigenvalue weighted by Crippen LogP contribution is 2.33. The van der Waals surface area contributed by atoms with Gasteiger partial charge < -0.3 is 9.47 Å². The Kier molecular flexibility index (Phi) is 8.75. The smallest absolute Gasteiger partial charge is 0.338 e. The van der Waals surface area contributed by atoms with Crippen molar-refractivity contribution < 1.29 is 14.3 Å². The number of hydrogen-bond donors (Lipinski definition) is 0. The molecule has 1 aromatic heterocycles. The van der Waals surface area contributed by atoms with Crippen LogP contribution < -0.4 is 19.6 Å². The number of halogens is 2. The van der Waals surface area contributed by atoms with E-state index in [2.05, 4.69) is 46.9 Å². The summed E-state index contributed by atoms with van der Waals surface area (Å²) in [5.74, 6) is 0.148. The summed E-state index contributed by atoms with van der Waals surface area (Å²) in [6.07, 6.45) is 1.80. The topological polar surface area (TPSA) is 69.9 Å². The van der Waals surface area contributed by atoms with Crippen molar-refractivity contribution in [3.63, 3.8) is 0 Å². The van der Waals surface area contributed by atoms with Crippen molar-refractivity contribution in [3.05, 3.63) is 141 Å². The van der Waals surface area contributed by atoms with Gasteiger partial charge >= 0.3 is 5.97 Å². The third-order valence-electron chi connectivity index (χ3n) is 7.49. The minimum atomic E-state index is -0.672. The van der Waals surface area contributed by atoms with E-state index in [1.807, 2.05) is 55.5 Å². The molecule has 1 atom stereocenters. The van der Waals surface area contributed by atoms with E-state index in [1.165, 1.54) is 11.3 Å². The van der Waals surface area contributed by atoms with Gasteiger partial charge in [0.25, 0.3) is 5.56 Å². The number of carbonyl (C=O) groups is 1. The number of aryl methyl sites for hydroxylation is 1. The zero-order valence-corrected chi connectivity index (χ0v) is 28.0. The number of ether oxygens (including phenoxy) is 2. The van der Waals surface area contributed by atoms with E-state index < -0.39 is 12.0 Å². The molecule has 2 heterocycles. The first-order valence-corrected chi connectivity index (χ1v) is 16.4. The maximum Gasteiger partial charge on any atom is 0.338 e. The van der Waals surface area contributed by atoms with Gasteiger partial charge in [-0.3, -0.25) is 9.36 Å². The monoisotopic (exact) mass is 734 g/mol. The van der Waals surface area contributed by atoms with Gasteiger partial charge in [0.05, 0.1) is 32.0 Å². The van der Waals surface area contributed by atoms with Crippen molar-refractivity contribution in [2.45, 2.75) is 33.4 Å². The van der Waals surface area contributed by atoms with Crippen LogP contribution in [-0.2, 0) is 16.1 Å². The summed E-state index contributed by atoms with van der Waals surface area (Å²) in [6, 6.07) is 25.1. The van der Waals surface area contributed by atoms with Gasteiger partial charge in [-0.15, -0.1) is 0 Å². The number of hydrogen-bond acceptors (Lipinski definition) is 6. The number of fused-ring (bicyclic) bond motifs is 2. The molecule has 4 aromatic carbocycles. The molecule has 0 N–H and O–H groups in total. The minimum Gasteiger partial charge on any atom is -0.487 e. The molecule has 44 heavy (non-hydrogen) atoms. The van der Waals surface area contributed by atoms with E-state index >= 15 is 0 Å². The average molecular weight is 735 g/mol. The number of carbonyl (C=O) groups excluding carboxylic acids is 1. The molecule has 5 aromatic rings. The highest BCUT2D eigenvalue weighted by Gasteiger charge is 2.33. The molecule has 0 amide bonds. The summed E-state index contributed by atoms with van der Waals surface area (Å²) < 4.78 is 14.7. The zero-order valence-electron chi connectivity index (χ0n) is 24.3. The second-order valence-corrected chi connectivity index (χ2v) is 13.1. The van der Waals surface area contributed by atoms with Gasteiger partial charge in [-0.05, 0) is 83.5 Å². The maximum absolute atomic E-state index is 14.1. The third kappa shape index (κ3) is 5.86. The van der Waals surface area contributed by atoms with Crippen LogP contribution in [-0.4, -0.2) is 17.1 Å². The summed E-state index contributed by atoms with van der Waals surface area (Å²) in [4.78, 5) is 32.5. The van der Waals surface area contributed by atoms with Crippen LogP contribution in [0.1, 0.15) is 42.1 Å². The van der Waals surface area contributed by atoms with Gasteiger partial charge in [0.2, 0.25) is 0 Å². The number of nitrogens with zero attached hydrogens (tertiary/aromatic N) is 2. The third-order valence-corrected chi connectivity index (χ3v) is 9.49. The van der Waals surface area contributed by atoms with Crippen LogP contribution in [0.2, 0.25) is 5.02 Å². The Morgan fingerprint density at radius 2 is 1.82 bits per heavy atom. The fourth-order valence-corrected chi connectivity index (χ4v) is 7.66. The molecule has 9 heteroatoms. The van der Waals surface area contributed by atoms with Crippen molar-refractivity contribution in [2.75, 3.05) is 6.61 Å². The Labute approximate surface area is 277 Å². The van der Waals surface area contributed by atoms with Crippen molar-refractivity contribution in [1.82, 2.24) is 4.57 Å². The highest BCUT2D eigenvalue weighted by atomic mass is 127. The first-order chi connectivity index (χ1) is 21.2. The number of aromatic nitrogens is 1. The van der Waals surface area contributed by atoms with Crippen LogP contribution in [0.4, 0.5) is 0 Å². The van der Waals surface area contributed by atoms with Crippen LogP contribution in [0.15, 0.2) is 99.9 Å². The van der Waals surface area contributed by atoms with Gasteiger partial charge in [0.15, 0.2) is 4.80 Å². The number of rotatable bonds is 7. The maximum atomic E-state index is 14.1. The van der Waals surface area contributed by atoms with E-state index in [0.717, 1.165) is 31.0 Å². The van der Waals surface area contributed by atoms with Crippen LogP contribution in [0.3, 0.4) is 0 Å². The normalized spacial score (nSPS) is 14.8. The summed E-state index contributed by atoms with van der Waals surface area (Å²) in [7, 11) is 0. The molecule has 0 saturated carbocycles. The molecule has 6 nitrogen and oxygen atoms in total. The number of benzene rings is 4. The van der Waals surface area contributed by atoms with Crippen molar-refractivity contribution in [1.29, 1.82) is 0 Å². The largest absolute Gasteiger partial charge is 0.487 e. The molecule has 0 bridgehead atoms. The van der Waals surface area contributed by atoms with Gasteiger partial charge in [-0.25, -0.2) is 9.79 Å². The predicted octanol–water partition coefficient (Wildman–Crippen LogP) is 7.10. The number of thiazole rings is 1. The fourth-order valence-electron chi connectivity index (χ4n) is 5.40. The number of allylic oxidation sites excluding steroid dienone is 1. The van der Waals surface area contributed by atoms with Gasteiger partial charge in [-0.2, -0.15) is 0 Å². The van der Waals surface area contributed by atoms with E-state index in [9.17, 15) is 9.59 Å². The molecule has 0 unspecified atom stereocenters. The van der Waals surface area contributed by atoms with Gasteiger partial charge in [0.1, 0.15) is 12.4 Å². The molecule has 0 fully saturated rings. The van der Waals surface area contributed by atoms with E-state index in [1.54, 1.807) is 30.6 Å². The van der Waals surface area contributed by atoms with Gasteiger partial charge in [0, 0.05) is 10.6 Å². The van der Waals surface area contributed by atoms with E-state index in [4.69, 9.17) is 26.1 Å². The lowest BCUT2D eigenvalue weighted by atomic mass is 9.95. The molecule has 222 valence electrons. The summed E-state index contributed by atoms with van der Waals surface area (Å²) in [5.41, 5.74) is 4.23. The Morgan fingerprint density at radius 1 is 1.07 bits per heavy atom. The Balaban J connectivity index is 1.46. The average Bonchev–Trinajstić information content (AvgIpc) is 3.30. The quantitative estimate of drug-likeness (QED) is 0.132. The lowest BCUT2D eigenvalue weighted by molar-refractivity contribution is -0.139. The molecule has 1 aliphatic heterocycles. The minimum absolute atomic E-state index is 0.218. The first-order valence-electron chi connectivity index (χ1n) is 14.1. The molecule has 0 saturated heterocycles. The lowest BCUT2D eigenvalue weighted by Gasteiger charge is -2.24. The van der Waals surface area contributed by atoms with Crippen LogP contribution in [0.25, 0.3) is 16.8 Å². The molecular formula is C35H28ClIN2O4S. The Bertz CT molecular complexity index is 2130. The van der Waals surface area contributed by atoms with E-state index in [0.29, 0.717) is 43.5 Å². The van der Waals surface area contributed by atoms with Crippen LogP contribution >= 0.6 is 45.5 Å². The lowest BCUT2D eigenvalue weighted by Crippen LogP contribution is -2.39. The van der Waals surface area contributed by atoms with Crippen LogP contribution in [0, 0.1) is 10.5 Å². The summed E-state index contributed by atoms with van der Waals surface area (Å²) in [6.45, 7) is 6.10. The molecule has 1 aliphatic rings. The second-order valence-electron chi connectivity index (χ2n) is 10.4. The zero-order chi connectivity index (χ0) is 31.0. The van der Waals surface area contributed by atoms with E-state index in [-0.39, 0.29) is 12.2 Å². The van der Waals surface area contributed by atoms with Crippen molar-refractivity contribution >= 4 is 68.3 Å². The standard InChI is InChI=1S/C35H28ClIN2O4S/c1-4-42-34(41)30-21(3)38-35-39(31(30)23-14-12-20(2)13-15-23)33(40)29(44-35)17-25-16-26(36)18-28(37)32(25)43-19-24-10-7-9-22-8-5-6-11-27(22)24/h5-18,31H,4,19H2,1-3H3/b29-17-/t31-/m1/s1. The molecule has 0 radical (unpaired) electrons. The fraction of sp³-hybridized carbons (Fsp3) is 0.171. The Hall–Kier alpha value is -3.73. The highest BCUT2D eigenvalue weighted by molar-refractivity contribution is 14.1. The van der Waals surface area contributed by atoms with Crippen LogP contribution in [0.5, 0.6) is 5.75 Å². The molecule has 6 rings (SSSR count). The number of esters is 1.